The predicted octanol–water partition coefficient (Wildman–Crippen LogP) is 2.91. The van der Waals surface area contributed by atoms with E-state index in [1.165, 1.54) is 24.6 Å². The van der Waals surface area contributed by atoms with Crippen molar-refractivity contribution in [1.29, 1.82) is 5.26 Å². The summed E-state index contributed by atoms with van der Waals surface area (Å²) in [5, 5.41) is 13.1. The fraction of sp³-hybridized carbons (Fsp3) is 0.545. The molecule has 4 rings (SSSR count). The van der Waals surface area contributed by atoms with Crippen molar-refractivity contribution in [3.63, 3.8) is 0 Å². The van der Waals surface area contributed by atoms with Crippen LogP contribution in [0, 0.1) is 23.1 Å². The number of halogens is 1. The van der Waals surface area contributed by atoms with Gasteiger partial charge in [0.2, 0.25) is 0 Å². The zero-order valence-corrected chi connectivity index (χ0v) is 16.9. The Morgan fingerprint density at radius 3 is 2.73 bits per heavy atom. The number of hydrogen-bond donors (Lipinski definition) is 1. The number of hydrogen-bond acceptors (Lipinski definition) is 7. The lowest BCUT2D eigenvalue weighted by molar-refractivity contribution is -0.145. The van der Waals surface area contributed by atoms with Crippen LogP contribution in [0.2, 0.25) is 0 Å². The van der Waals surface area contributed by atoms with Crippen LogP contribution in [0.3, 0.4) is 0 Å². The summed E-state index contributed by atoms with van der Waals surface area (Å²) < 4.78 is 19.3. The summed E-state index contributed by atoms with van der Waals surface area (Å²) in [4.78, 5) is 24.0. The second kappa shape index (κ2) is 9.35. The van der Waals surface area contributed by atoms with E-state index < -0.39 is 17.7 Å². The maximum atomic E-state index is 13.7. The van der Waals surface area contributed by atoms with Gasteiger partial charge in [-0.1, -0.05) is 19.3 Å². The Balaban J connectivity index is 1.64. The Kier molecular flexibility index (Phi) is 6.38. The average molecular weight is 411 g/mol. The number of nitrogens with zero attached hydrogens (tertiary/aromatic N) is 4. The van der Waals surface area contributed by atoms with E-state index in [2.05, 4.69) is 21.4 Å². The summed E-state index contributed by atoms with van der Waals surface area (Å²) >= 11 is 0. The van der Waals surface area contributed by atoms with Gasteiger partial charge in [-0.25, -0.2) is 14.4 Å². The summed E-state index contributed by atoms with van der Waals surface area (Å²) in [6.45, 7) is 3.18. The van der Waals surface area contributed by atoms with Crippen LogP contribution in [0.4, 0.5) is 10.2 Å². The number of esters is 1. The molecule has 0 spiro atoms. The molecule has 1 aromatic carbocycles. The van der Waals surface area contributed by atoms with Crippen LogP contribution in [0.5, 0.6) is 0 Å². The molecule has 2 aliphatic rings. The van der Waals surface area contributed by atoms with Crippen molar-refractivity contribution in [2.24, 2.45) is 5.92 Å². The number of carbonyl (C=O) groups is 1. The van der Waals surface area contributed by atoms with Gasteiger partial charge in [0, 0.05) is 32.2 Å². The number of benzene rings is 1. The second-order valence-electron chi connectivity index (χ2n) is 8.00. The summed E-state index contributed by atoms with van der Waals surface area (Å²) in [5.74, 6) is -1.34. The first kappa shape index (κ1) is 20.5. The molecule has 1 N–H and O–H groups in total. The number of nitrogens with one attached hydrogen (secondary N) is 1. The highest BCUT2D eigenvalue weighted by molar-refractivity contribution is 5.85. The highest BCUT2D eigenvalue weighted by Crippen LogP contribution is 2.29. The van der Waals surface area contributed by atoms with E-state index in [0.29, 0.717) is 42.5 Å². The van der Waals surface area contributed by atoms with E-state index in [9.17, 15) is 14.4 Å². The number of anilines is 1. The monoisotopic (exact) mass is 411 g/mol. The normalized spacial score (nSPS) is 18.7. The van der Waals surface area contributed by atoms with Gasteiger partial charge in [-0.15, -0.1) is 0 Å². The van der Waals surface area contributed by atoms with Crippen LogP contribution in [0.25, 0.3) is 11.0 Å². The Morgan fingerprint density at radius 2 is 2.00 bits per heavy atom. The van der Waals surface area contributed by atoms with E-state index in [-0.39, 0.29) is 5.69 Å². The van der Waals surface area contributed by atoms with Gasteiger partial charge in [0.1, 0.15) is 11.5 Å². The van der Waals surface area contributed by atoms with Gasteiger partial charge in [0.25, 0.3) is 0 Å². The minimum Gasteiger partial charge on any atom is -0.464 e. The first-order valence-electron chi connectivity index (χ1n) is 10.6. The molecular weight excluding hydrogens is 385 g/mol. The van der Waals surface area contributed by atoms with Crippen LogP contribution in [-0.4, -0.2) is 48.7 Å². The van der Waals surface area contributed by atoms with Crippen molar-refractivity contribution in [2.45, 2.75) is 38.0 Å². The standard InChI is InChI=1S/C22H26FN5O2/c23-16-6-7-18-19(12-16)27-21(28-10-8-25-9-11-28)20(26-18)17(13-24)22(29)30-14-15-4-2-1-3-5-15/h6-7,12,15,17,25H,1-5,8-11,14H2. The highest BCUT2D eigenvalue weighted by atomic mass is 19.1. The SMILES string of the molecule is N#CC(C(=O)OCC1CCCCC1)c1nc2ccc(F)cc2nc1N1CCNCC1. The van der Waals surface area contributed by atoms with Crippen LogP contribution < -0.4 is 10.2 Å². The summed E-state index contributed by atoms with van der Waals surface area (Å²) in [6, 6.07) is 6.21. The molecule has 2 fully saturated rings. The van der Waals surface area contributed by atoms with Crippen molar-refractivity contribution in [3.05, 3.63) is 29.7 Å². The van der Waals surface area contributed by atoms with Crippen molar-refractivity contribution < 1.29 is 13.9 Å². The van der Waals surface area contributed by atoms with Crippen molar-refractivity contribution >= 4 is 22.8 Å². The second-order valence-corrected chi connectivity index (χ2v) is 8.00. The molecule has 1 aliphatic carbocycles. The number of piperazine rings is 1. The first-order chi connectivity index (χ1) is 14.7. The fourth-order valence-electron chi connectivity index (χ4n) is 4.20. The lowest BCUT2D eigenvalue weighted by atomic mass is 9.90. The van der Waals surface area contributed by atoms with Gasteiger partial charge in [-0.05, 0) is 30.9 Å². The lowest BCUT2D eigenvalue weighted by Crippen LogP contribution is -2.44. The molecule has 30 heavy (non-hydrogen) atoms. The van der Waals surface area contributed by atoms with Crippen LogP contribution in [0.15, 0.2) is 18.2 Å². The lowest BCUT2D eigenvalue weighted by Gasteiger charge is -2.30. The molecule has 1 unspecified atom stereocenters. The van der Waals surface area contributed by atoms with Gasteiger partial charge in [0.15, 0.2) is 11.7 Å². The van der Waals surface area contributed by atoms with Gasteiger partial charge in [-0.3, -0.25) is 4.79 Å². The number of nitriles is 1. The van der Waals surface area contributed by atoms with Crippen molar-refractivity contribution in [3.8, 4) is 6.07 Å². The Morgan fingerprint density at radius 1 is 1.23 bits per heavy atom. The third-order valence-corrected chi connectivity index (χ3v) is 5.87. The van der Waals surface area contributed by atoms with Crippen LogP contribution in [-0.2, 0) is 9.53 Å². The Hall–Kier alpha value is -2.79. The quantitative estimate of drug-likeness (QED) is 0.757. The van der Waals surface area contributed by atoms with Crippen LogP contribution in [0.1, 0.15) is 43.7 Å². The predicted molar refractivity (Wildman–Crippen MR) is 110 cm³/mol. The fourth-order valence-corrected chi connectivity index (χ4v) is 4.20. The molecular formula is C22H26FN5O2. The molecule has 1 aliphatic heterocycles. The topological polar surface area (TPSA) is 91.1 Å². The molecule has 0 radical (unpaired) electrons. The molecule has 0 bridgehead atoms. The summed E-state index contributed by atoms with van der Waals surface area (Å²) in [7, 11) is 0. The highest BCUT2D eigenvalue weighted by Gasteiger charge is 2.31. The number of ether oxygens (including phenoxy) is 1. The van der Waals surface area contributed by atoms with Gasteiger partial charge in [-0.2, -0.15) is 5.26 Å². The molecule has 2 aromatic rings. The average Bonchev–Trinajstić information content (AvgIpc) is 2.79. The minimum atomic E-state index is -1.17. The van der Waals surface area contributed by atoms with E-state index in [0.717, 1.165) is 38.8 Å². The third kappa shape index (κ3) is 4.51. The smallest absolute Gasteiger partial charge is 0.329 e. The van der Waals surface area contributed by atoms with Gasteiger partial charge < -0.3 is 15.0 Å². The molecule has 1 atom stereocenters. The maximum absolute atomic E-state index is 13.7. The largest absolute Gasteiger partial charge is 0.464 e. The molecule has 2 heterocycles. The Bertz CT molecular complexity index is 948. The van der Waals surface area contributed by atoms with E-state index in [1.54, 1.807) is 0 Å². The maximum Gasteiger partial charge on any atom is 0.329 e. The zero-order valence-electron chi connectivity index (χ0n) is 16.9. The number of fused-ring (bicyclic) bond motifs is 1. The van der Waals surface area contributed by atoms with E-state index >= 15 is 0 Å². The van der Waals surface area contributed by atoms with Crippen molar-refractivity contribution in [2.75, 3.05) is 37.7 Å². The van der Waals surface area contributed by atoms with E-state index in [1.807, 2.05) is 4.90 Å². The number of aromatic nitrogens is 2. The van der Waals surface area contributed by atoms with Crippen LogP contribution >= 0.6 is 0 Å². The molecule has 1 aromatic heterocycles. The molecule has 158 valence electrons. The van der Waals surface area contributed by atoms with Crippen molar-refractivity contribution in [1.82, 2.24) is 15.3 Å². The number of carbonyl (C=O) groups excluding carboxylic acids is 1. The first-order valence-corrected chi connectivity index (χ1v) is 10.6. The molecule has 1 saturated carbocycles. The van der Waals surface area contributed by atoms with E-state index in [4.69, 9.17) is 4.74 Å². The molecule has 7 nitrogen and oxygen atoms in total. The zero-order chi connectivity index (χ0) is 20.9. The molecule has 8 heteroatoms. The number of rotatable bonds is 5. The third-order valence-electron chi connectivity index (χ3n) is 5.87. The van der Waals surface area contributed by atoms with Gasteiger partial charge >= 0.3 is 5.97 Å². The van der Waals surface area contributed by atoms with Gasteiger partial charge in [0.05, 0.1) is 23.7 Å². The molecule has 0 amide bonds. The summed E-state index contributed by atoms with van der Waals surface area (Å²) in [5.41, 5.74) is 1.14. The minimum absolute atomic E-state index is 0.284. The Labute approximate surface area is 175 Å². The summed E-state index contributed by atoms with van der Waals surface area (Å²) in [6.07, 6.45) is 5.65. The molecule has 1 saturated heterocycles.